The highest BCUT2D eigenvalue weighted by molar-refractivity contribution is 7.89. The van der Waals surface area contributed by atoms with Crippen LogP contribution in [-0.2, 0) is 19.6 Å². The zero-order valence-corrected chi connectivity index (χ0v) is 19.4. The molecule has 1 fully saturated rings. The van der Waals surface area contributed by atoms with E-state index in [0.29, 0.717) is 5.69 Å². The van der Waals surface area contributed by atoms with Gasteiger partial charge in [0.2, 0.25) is 16.8 Å². The standard InChI is InChI=1S/C22H23N3O8S/c1-3-32-22(29)17-6-7-18(33-17)34(30,31)25-10-8-13(9-11-25)19(26)23-14-4-5-15-16(12-14)21(28)24(2)20(15)27/h4-7,12-13H,3,8-11H2,1-2H3,(H,23,26). The number of anilines is 1. The molecule has 11 nitrogen and oxygen atoms in total. The van der Waals surface area contributed by atoms with Gasteiger partial charge in [0.15, 0.2) is 0 Å². The second kappa shape index (κ2) is 9.03. The normalized spacial score (nSPS) is 17.1. The minimum atomic E-state index is -3.97. The summed E-state index contributed by atoms with van der Waals surface area (Å²) in [6, 6.07) is 6.97. The maximum atomic E-state index is 12.9. The van der Waals surface area contributed by atoms with Gasteiger partial charge in [-0.1, -0.05) is 0 Å². The van der Waals surface area contributed by atoms with Crippen LogP contribution < -0.4 is 5.32 Å². The van der Waals surface area contributed by atoms with E-state index in [2.05, 4.69) is 5.32 Å². The van der Waals surface area contributed by atoms with E-state index in [0.717, 1.165) is 4.90 Å². The Morgan fingerprint density at radius 3 is 2.44 bits per heavy atom. The van der Waals surface area contributed by atoms with Crippen molar-refractivity contribution in [3.05, 3.63) is 47.2 Å². The second-order valence-electron chi connectivity index (χ2n) is 7.94. The summed E-state index contributed by atoms with van der Waals surface area (Å²) in [5.74, 6) is -2.51. The Labute approximate surface area is 195 Å². The van der Waals surface area contributed by atoms with Crippen molar-refractivity contribution in [2.24, 2.45) is 5.92 Å². The quantitative estimate of drug-likeness (QED) is 0.477. The summed E-state index contributed by atoms with van der Waals surface area (Å²) < 4.78 is 36.9. The van der Waals surface area contributed by atoms with E-state index >= 15 is 0 Å². The van der Waals surface area contributed by atoms with Crippen molar-refractivity contribution >= 4 is 39.4 Å². The average molecular weight is 490 g/mol. The van der Waals surface area contributed by atoms with Crippen LogP contribution in [0.5, 0.6) is 0 Å². The van der Waals surface area contributed by atoms with E-state index in [1.165, 1.54) is 35.6 Å². The van der Waals surface area contributed by atoms with Gasteiger partial charge in [-0.15, -0.1) is 0 Å². The third kappa shape index (κ3) is 4.21. The molecule has 180 valence electrons. The number of hydrogen-bond donors (Lipinski definition) is 1. The number of nitrogens with one attached hydrogen (secondary N) is 1. The molecule has 1 aromatic heterocycles. The Morgan fingerprint density at radius 2 is 1.76 bits per heavy atom. The lowest BCUT2D eigenvalue weighted by Gasteiger charge is -2.29. The van der Waals surface area contributed by atoms with Gasteiger partial charge >= 0.3 is 5.97 Å². The van der Waals surface area contributed by atoms with Gasteiger partial charge < -0.3 is 14.5 Å². The van der Waals surface area contributed by atoms with Gasteiger partial charge in [0.05, 0.1) is 17.7 Å². The van der Waals surface area contributed by atoms with Crippen molar-refractivity contribution in [1.29, 1.82) is 0 Å². The molecular formula is C22H23N3O8S. The molecule has 0 bridgehead atoms. The van der Waals surface area contributed by atoms with Crippen molar-refractivity contribution in [2.45, 2.75) is 24.9 Å². The van der Waals surface area contributed by atoms with Gasteiger partial charge in [0, 0.05) is 31.7 Å². The number of ether oxygens (including phenoxy) is 1. The minimum Gasteiger partial charge on any atom is -0.460 e. The molecule has 2 aliphatic heterocycles. The van der Waals surface area contributed by atoms with Crippen LogP contribution in [0, 0.1) is 5.92 Å². The Balaban J connectivity index is 1.38. The highest BCUT2D eigenvalue weighted by atomic mass is 32.2. The maximum Gasteiger partial charge on any atom is 0.374 e. The predicted octanol–water partition coefficient (Wildman–Crippen LogP) is 1.72. The number of esters is 1. The van der Waals surface area contributed by atoms with Crippen LogP contribution in [0.15, 0.2) is 39.8 Å². The topological polar surface area (TPSA) is 143 Å². The molecule has 0 atom stereocenters. The third-order valence-electron chi connectivity index (χ3n) is 5.83. The van der Waals surface area contributed by atoms with E-state index in [4.69, 9.17) is 9.15 Å². The van der Waals surface area contributed by atoms with Crippen LogP contribution >= 0.6 is 0 Å². The number of amides is 3. The number of fused-ring (bicyclic) bond motifs is 1. The molecule has 1 saturated heterocycles. The third-order valence-corrected chi connectivity index (χ3v) is 7.61. The summed E-state index contributed by atoms with van der Waals surface area (Å²) in [5.41, 5.74) is 0.900. The summed E-state index contributed by atoms with van der Waals surface area (Å²) >= 11 is 0. The summed E-state index contributed by atoms with van der Waals surface area (Å²) in [6.07, 6.45) is 0.559. The smallest absolute Gasteiger partial charge is 0.374 e. The molecular weight excluding hydrogens is 466 g/mol. The van der Waals surface area contributed by atoms with Crippen LogP contribution in [-0.4, -0.2) is 68.1 Å². The van der Waals surface area contributed by atoms with Crippen molar-refractivity contribution in [1.82, 2.24) is 9.21 Å². The number of piperidine rings is 1. The van der Waals surface area contributed by atoms with E-state index in [1.807, 2.05) is 0 Å². The first-order valence-electron chi connectivity index (χ1n) is 10.7. The number of rotatable bonds is 6. The highest BCUT2D eigenvalue weighted by Crippen LogP contribution is 2.28. The zero-order valence-electron chi connectivity index (χ0n) is 18.6. The fourth-order valence-corrected chi connectivity index (χ4v) is 5.32. The molecule has 0 saturated carbocycles. The molecule has 1 N–H and O–H groups in total. The first kappa shape index (κ1) is 23.6. The average Bonchev–Trinajstić information content (AvgIpc) is 3.41. The van der Waals surface area contributed by atoms with Crippen LogP contribution in [0.4, 0.5) is 5.69 Å². The van der Waals surface area contributed by atoms with Crippen LogP contribution in [0.2, 0.25) is 0 Å². The number of nitrogens with zero attached hydrogens (tertiary/aromatic N) is 2. The molecule has 1 aromatic carbocycles. The van der Waals surface area contributed by atoms with Gasteiger partial charge in [0.25, 0.3) is 21.8 Å². The first-order valence-corrected chi connectivity index (χ1v) is 12.1. The molecule has 4 rings (SSSR count). The van der Waals surface area contributed by atoms with Crippen molar-refractivity contribution in [3.8, 4) is 0 Å². The van der Waals surface area contributed by atoms with Gasteiger partial charge in [-0.25, -0.2) is 13.2 Å². The van der Waals surface area contributed by atoms with E-state index in [1.54, 1.807) is 13.0 Å². The fraction of sp³-hybridized carbons (Fsp3) is 0.364. The monoisotopic (exact) mass is 489 g/mol. The Hall–Kier alpha value is -3.51. The minimum absolute atomic E-state index is 0.0951. The molecule has 0 unspecified atom stereocenters. The SMILES string of the molecule is CCOC(=O)c1ccc(S(=O)(=O)N2CCC(C(=O)Nc3ccc4c(c3)C(=O)N(C)C4=O)CC2)o1. The lowest BCUT2D eigenvalue weighted by atomic mass is 9.97. The molecule has 3 heterocycles. The van der Waals surface area contributed by atoms with Crippen molar-refractivity contribution in [3.63, 3.8) is 0 Å². The summed E-state index contributed by atoms with van der Waals surface area (Å²) in [5, 5.41) is 2.39. The number of hydrogen-bond acceptors (Lipinski definition) is 8. The summed E-state index contributed by atoms with van der Waals surface area (Å²) in [6.45, 7) is 1.95. The maximum absolute atomic E-state index is 12.9. The lowest BCUT2D eigenvalue weighted by Crippen LogP contribution is -2.41. The van der Waals surface area contributed by atoms with E-state index in [-0.39, 0.29) is 60.4 Å². The number of sulfonamides is 1. The summed E-state index contributed by atoms with van der Waals surface area (Å²) in [4.78, 5) is 49.6. The Kier molecular flexibility index (Phi) is 6.28. The van der Waals surface area contributed by atoms with E-state index in [9.17, 15) is 27.6 Å². The van der Waals surface area contributed by atoms with Crippen LogP contribution in [0.25, 0.3) is 0 Å². The van der Waals surface area contributed by atoms with Crippen LogP contribution in [0.1, 0.15) is 51.0 Å². The van der Waals surface area contributed by atoms with E-state index < -0.39 is 33.7 Å². The largest absolute Gasteiger partial charge is 0.460 e. The molecule has 0 aliphatic carbocycles. The van der Waals surface area contributed by atoms with Gasteiger partial charge in [-0.3, -0.25) is 19.3 Å². The molecule has 34 heavy (non-hydrogen) atoms. The number of benzene rings is 1. The molecule has 3 amide bonds. The molecule has 2 aliphatic rings. The lowest BCUT2D eigenvalue weighted by molar-refractivity contribution is -0.120. The van der Waals surface area contributed by atoms with Gasteiger partial charge in [-0.2, -0.15) is 4.31 Å². The number of furan rings is 1. The predicted molar refractivity (Wildman–Crippen MR) is 118 cm³/mol. The number of imide groups is 1. The molecule has 2 aromatic rings. The van der Waals surface area contributed by atoms with Crippen LogP contribution in [0.3, 0.4) is 0 Å². The highest BCUT2D eigenvalue weighted by Gasteiger charge is 2.35. The Morgan fingerprint density at radius 1 is 1.09 bits per heavy atom. The number of carbonyl (C=O) groups is 4. The fourth-order valence-electron chi connectivity index (χ4n) is 3.94. The summed E-state index contributed by atoms with van der Waals surface area (Å²) in [7, 11) is -2.57. The number of carbonyl (C=O) groups excluding carboxylic acids is 4. The molecule has 0 radical (unpaired) electrons. The first-order chi connectivity index (χ1) is 16.1. The van der Waals surface area contributed by atoms with Crippen molar-refractivity contribution < 1.29 is 36.7 Å². The van der Waals surface area contributed by atoms with Gasteiger partial charge in [-0.05, 0) is 50.1 Å². The molecule has 0 spiro atoms. The van der Waals surface area contributed by atoms with Gasteiger partial charge in [0.1, 0.15) is 0 Å². The molecule has 12 heteroatoms. The van der Waals surface area contributed by atoms with Crippen molar-refractivity contribution in [2.75, 3.05) is 32.1 Å². The second-order valence-corrected chi connectivity index (χ2v) is 9.81. The zero-order chi connectivity index (χ0) is 24.6. The Bertz CT molecular complexity index is 1270.